The van der Waals surface area contributed by atoms with Crippen molar-refractivity contribution in [2.75, 3.05) is 24.6 Å². The van der Waals surface area contributed by atoms with Crippen LogP contribution in [0.3, 0.4) is 0 Å². The number of benzene rings is 1. The Kier molecular flexibility index (Phi) is 10.4. The molecule has 0 spiro atoms. The molecule has 1 aromatic rings. The Balaban J connectivity index is 0.00000625. The van der Waals surface area contributed by atoms with E-state index in [-0.39, 0.29) is 60.1 Å². The van der Waals surface area contributed by atoms with Gasteiger partial charge in [0.2, 0.25) is 0 Å². The number of aliphatic imine (C=N–C) groups is 1. The van der Waals surface area contributed by atoms with Crippen LogP contribution in [-0.4, -0.2) is 39.0 Å². The first-order valence-corrected chi connectivity index (χ1v) is 9.49. The average Bonchev–Trinajstić information content (AvgIpc) is 2.52. The second-order valence-corrected chi connectivity index (χ2v) is 7.63. The minimum absolute atomic E-state index is 0. The Morgan fingerprint density at radius 1 is 1.19 bits per heavy atom. The van der Waals surface area contributed by atoms with Gasteiger partial charge in [0.25, 0.3) is 0 Å². The second kappa shape index (κ2) is 10.9. The highest BCUT2D eigenvalue weighted by atomic mass is 127. The van der Waals surface area contributed by atoms with E-state index in [0.717, 1.165) is 12.1 Å². The molecule has 1 rings (SSSR count). The molecular weight excluding hydrogens is 489 g/mol. The molecular formula is C15H22F4IN3O2S. The fraction of sp³-hybridized carbons (Fsp3) is 0.533. The van der Waals surface area contributed by atoms with E-state index in [1.165, 1.54) is 6.92 Å². The molecule has 0 aliphatic rings. The van der Waals surface area contributed by atoms with Crippen LogP contribution in [-0.2, 0) is 22.6 Å². The van der Waals surface area contributed by atoms with Gasteiger partial charge in [-0.15, -0.1) is 24.0 Å². The molecule has 0 saturated heterocycles. The van der Waals surface area contributed by atoms with E-state index in [2.05, 4.69) is 15.6 Å². The van der Waals surface area contributed by atoms with Gasteiger partial charge in [-0.1, -0.05) is 13.0 Å². The lowest BCUT2D eigenvalue weighted by molar-refractivity contribution is -0.138. The van der Waals surface area contributed by atoms with E-state index >= 15 is 0 Å². The third-order valence-electron chi connectivity index (χ3n) is 3.27. The largest absolute Gasteiger partial charge is 0.416 e. The quantitative estimate of drug-likeness (QED) is 0.256. The molecule has 150 valence electrons. The van der Waals surface area contributed by atoms with Crippen molar-refractivity contribution in [1.29, 1.82) is 0 Å². The van der Waals surface area contributed by atoms with Gasteiger partial charge in [-0.3, -0.25) is 0 Å². The van der Waals surface area contributed by atoms with Crippen molar-refractivity contribution in [2.24, 2.45) is 4.99 Å². The molecule has 0 atom stereocenters. The van der Waals surface area contributed by atoms with Gasteiger partial charge >= 0.3 is 6.18 Å². The summed E-state index contributed by atoms with van der Waals surface area (Å²) in [6, 6.07) is 2.40. The number of hydrogen-bond donors (Lipinski definition) is 2. The lowest BCUT2D eigenvalue weighted by Crippen LogP contribution is -2.39. The van der Waals surface area contributed by atoms with Gasteiger partial charge in [0.1, 0.15) is 5.82 Å². The zero-order chi connectivity index (χ0) is 19.1. The summed E-state index contributed by atoms with van der Waals surface area (Å²) in [4.78, 5) is 4.01. The minimum Gasteiger partial charge on any atom is -0.357 e. The van der Waals surface area contributed by atoms with E-state index in [4.69, 9.17) is 0 Å². The summed E-state index contributed by atoms with van der Waals surface area (Å²) in [5.41, 5.74) is -1.26. The number of nitrogens with one attached hydrogen (secondary N) is 2. The highest BCUT2D eigenvalue weighted by molar-refractivity contribution is 14.0. The van der Waals surface area contributed by atoms with Gasteiger partial charge in [0.05, 0.1) is 17.9 Å². The zero-order valence-corrected chi connectivity index (χ0v) is 17.5. The van der Waals surface area contributed by atoms with E-state index in [1.54, 1.807) is 6.92 Å². The molecule has 0 radical (unpaired) electrons. The van der Waals surface area contributed by atoms with Crippen molar-refractivity contribution >= 4 is 39.8 Å². The van der Waals surface area contributed by atoms with Gasteiger partial charge in [0, 0.05) is 18.8 Å². The normalized spacial score (nSPS) is 12.5. The first kappa shape index (κ1) is 24.9. The molecule has 0 aliphatic carbocycles. The molecule has 0 aromatic heterocycles. The summed E-state index contributed by atoms with van der Waals surface area (Å²) in [7, 11) is -3.16. The predicted octanol–water partition coefficient (Wildman–Crippen LogP) is 2.95. The molecule has 26 heavy (non-hydrogen) atoms. The fourth-order valence-corrected chi connectivity index (χ4v) is 2.63. The molecule has 0 aliphatic heterocycles. The predicted molar refractivity (Wildman–Crippen MR) is 104 cm³/mol. The average molecular weight is 511 g/mol. The molecule has 0 unspecified atom stereocenters. The number of halogens is 5. The van der Waals surface area contributed by atoms with Crippen LogP contribution in [0.25, 0.3) is 0 Å². The topological polar surface area (TPSA) is 70.6 Å². The molecule has 11 heteroatoms. The Morgan fingerprint density at radius 3 is 2.38 bits per heavy atom. The van der Waals surface area contributed by atoms with E-state index < -0.39 is 27.4 Å². The smallest absolute Gasteiger partial charge is 0.357 e. The third-order valence-corrected chi connectivity index (χ3v) is 4.98. The molecule has 0 heterocycles. The Bertz CT molecular complexity index is 709. The molecule has 0 fully saturated rings. The highest BCUT2D eigenvalue weighted by Gasteiger charge is 2.33. The summed E-state index contributed by atoms with van der Waals surface area (Å²) in [5.74, 6) is -0.897. The van der Waals surface area contributed by atoms with Gasteiger partial charge < -0.3 is 10.6 Å². The number of rotatable bonds is 7. The summed E-state index contributed by atoms with van der Waals surface area (Å²) in [6.07, 6.45) is -4.69. The van der Waals surface area contributed by atoms with Crippen molar-refractivity contribution < 1.29 is 26.0 Å². The van der Waals surface area contributed by atoms with Gasteiger partial charge in [-0.05, 0) is 24.6 Å². The van der Waals surface area contributed by atoms with E-state index in [9.17, 15) is 26.0 Å². The Hall–Kier alpha value is -1.11. The number of sulfone groups is 1. The lowest BCUT2D eigenvalue weighted by atomic mass is 10.1. The van der Waals surface area contributed by atoms with Crippen LogP contribution in [0.5, 0.6) is 0 Å². The maximum absolute atomic E-state index is 13.1. The van der Waals surface area contributed by atoms with E-state index in [0.29, 0.717) is 12.6 Å². The number of alkyl halides is 3. The van der Waals surface area contributed by atoms with Crippen LogP contribution in [0.4, 0.5) is 17.6 Å². The van der Waals surface area contributed by atoms with Crippen LogP contribution in [0.1, 0.15) is 25.0 Å². The summed E-state index contributed by atoms with van der Waals surface area (Å²) < 4.78 is 74.9. The molecule has 0 bridgehead atoms. The SMILES string of the molecule is CCNC(=NCc1ccc(F)cc1C(F)(F)F)NCCS(=O)(=O)CC.I. The number of guanidine groups is 1. The summed E-state index contributed by atoms with van der Waals surface area (Å²) >= 11 is 0. The van der Waals surface area contributed by atoms with Crippen molar-refractivity contribution in [3.05, 3.63) is 35.1 Å². The molecule has 0 saturated carbocycles. The molecule has 5 nitrogen and oxygen atoms in total. The van der Waals surface area contributed by atoms with Crippen LogP contribution >= 0.6 is 24.0 Å². The summed E-state index contributed by atoms with van der Waals surface area (Å²) in [6.45, 7) is 3.49. The maximum Gasteiger partial charge on any atom is 0.416 e. The Labute approximate surface area is 167 Å². The van der Waals surface area contributed by atoms with Crippen LogP contribution in [0.15, 0.2) is 23.2 Å². The Morgan fingerprint density at radius 2 is 1.85 bits per heavy atom. The van der Waals surface area contributed by atoms with Crippen molar-refractivity contribution in [3.63, 3.8) is 0 Å². The molecule has 1 aromatic carbocycles. The number of hydrogen-bond acceptors (Lipinski definition) is 3. The lowest BCUT2D eigenvalue weighted by Gasteiger charge is -2.14. The van der Waals surface area contributed by atoms with Crippen molar-refractivity contribution in [1.82, 2.24) is 10.6 Å². The van der Waals surface area contributed by atoms with Gasteiger partial charge in [-0.25, -0.2) is 17.8 Å². The first-order chi connectivity index (χ1) is 11.6. The van der Waals surface area contributed by atoms with Crippen LogP contribution < -0.4 is 10.6 Å². The minimum atomic E-state index is -4.69. The van der Waals surface area contributed by atoms with Gasteiger partial charge in [-0.2, -0.15) is 13.2 Å². The monoisotopic (exact) mass is 511 g/mol. The summed E-state index contributed by atoms with van der Waals surface area (Å²) in [5, 5.41) is 5.57. The number of nitrogens with zero attached hydrogens (tertiary/aromatic N) is 1. The van der Waals surface area contributed by atoms with Crippen LogP contribution in [0.2, 0.25) is 0 Å². The first-order valence-electron chi connectivity index (χ1n) is 7.67. The highest BCUT2D eigenvalue weighted by Crippen LogP contribution is 2.32. The van der Waals surface area contributed by atoms with Gasteiger partial charge in [0.15, 0.2) is 15.8 Å². The van der Waals surface area contributed by atoms with E-state index in [1.807, 2.05) is 0 Å². The zero-order valence-electron chi connectivity index (χ0n) is 14.4. The fourth-order valence-electron chi connectivity index (χ4n) is 1.93. The second-order valence-electron chi connectivity index (χ2n) is 5.16. The third kappa shape index (κ3) is 8.52. The molecule has 2 N–H and O–H groups in total. The maximum atomic E-state index is 13.1. The van der Waals surface area contributed by atoms with Crippen molar-refractivity contribution in [3.8, 4) is 0 Å². The van der Waals surface area contributed by atoms with Crippen LogP contribution in [0, 0.1) is 5.82 Å². The standard InChI is InChI=1S/C15H21F4N3O2S.HI/c1-3-20-14(21-7-8-25(23,24)4-2)22-10-11-5-6-12(16)9-13(11)15(17,18)19;/h5-6,9H,3-4,7-8,10H2,1-2H3,(H2,20,21,22);1H. The van der Waals surface area contributed by atoms with Crippen molar-refractivity contribution in [2.45, 2.75) is 26.6 Å². The molecule has 0 amide bonds.